The molecule has 0 bridgehead atoms. The first-order valence-electron chi connectivity index (χ1n) is 10.7. The zero-order valence-corrected chi connectivity index (χ0v) is 19.2. The van der Waals surface area contributed by atoms with Gasteiger partial charge in [-0.1, -0.05) is 41.4 Å². The summed E-state index contributed by atoms with van der Waals surface area (Å²) in [5.74, 6) is -1.39. The molecule has 0 radical (unpaired) electrons. The van der Waals surface area contributed by atoms with Crippen LogP contribution >= 0.6 is 23.2 Å². The second-order valence-electron chi connectivity index (χ2n) is 8.65. The highest BCUT2D eigenvalue weighted by atomic mass is 35.5. The molecule has 170 valence electrons. The van der Waals surface area contributed by atoms with Crippen LogP contribution in [0.2, 0.25) is 5.02 Å². The fraction of sp³-hybridized carbons (Fsp3) is 0.417. The zero-order chi connectivity index (χ0) is 23.0. The first kappa shape index (κ1) is 23.0. The van der Waals surface area contributed by atoms with E-state index in [0.717, 1.165) is 5.56 Å². The van der Waals surface area contributed by atoms with Crippen LogP contribution in [-0.4, -0.2) is 45.4 Å². The van der Waals surface area contributed by atoms with Crippen molar-refractivity contribution in [3.8, 4) is 0 Å². The number of carbonyl (C=O) groups is 2. The summed E-state index contributed by atoms with van der Waals surface area (Å²) >= 11 is 12.0. The van der Waals surface area contributed by atoms with Crippen molar-refractivity contribution in [2.24, 2.45) is 5.92 Å². The number of aliphatic hydroxyl groups is 1. The molecule has 0 aromatic heterocycles. The number of aliphatic hydroxyl groups excluding tert-OH is 1. The maximum Gasteiger partial charge on any atom is 0.250 e. The Morgan fingerprint density at radius 1 is 1.16 bits per heavy atom. The van der Waals surface area contributed by atoms with Crippen LogP contribution in [0.15, 0.2) is 58.5 Å². The number of carbonyl (C=O) groups excluding carboxylic acids is 2. The fourth-order valence-electron chi connectivity index (χ4n) is 4.61. The van der Waals surface area contributed by atoms with Crippen LogP contribution in [0, 0.1) is 5.92 Å². The topological polar surface area (TPSA) is 60.9 Å². The highest BCUT2D eigenvalue weighted by Crippen LogP contribution is 2.38. The molecule has 32 heavy (non-hydrogen) atoms. The molecule has 3 aliphatic rings. The van der Waals surface area contributed by atoms with E-state index in [0.29, 0.717) is 36.3 Å². The van der Waals surface area contributed by atoms with Crippen molar-refractivity contribution in [1.29, 1.82) is 0 Å². The van der Waals surface area contributed by atoms with E-state index in [2.05, 4.69) is 0 Å². The van der Waals surface area contributed by atoms with E-state index in [1.807, 2.05) is 12.1 Å². The molecule has 1 N–H and O–H groups in total. The Labute approximate surface area is 196 Å². The minimum atomic E-state index is -0.764. The van der Waals surface area contributed by atoms with Crippen molar-refractivity contribution in [2.75, 3.05) is 6.54 Å². The molecule has 1 aliphatic heterocycles. The molecule has 2 fully saturated rings. The van der Waals surface area contributed by atoms with Gasteiger partial charge in [0.15, 0.2) is 0 Å². The molecule has 8 heteroatoms. The molecule has 2 amide bonds. The molecule has 1 atom stereocenters. The van der Waals surface area contributed by atoms with E-state index in [9.17, 15) is 14.7 Å². The van der Waals surface area contributed by atoms with Gasteiger partial charge in [0, 0.05) is 16.6 Å². The maximum absolute atomic E-state index is 15.1. The molecule has 0 spiro atoms. The van der Waals surface area contributed by atoms with Crippen LogP contribution in [0.1, 0.15) is 38.2 Å². The van der Waals surface area contributed by atoms with Crippen LogP contribution < -0.4 is 0 Å². The van der Waals surface area contributed by atoms with E-state index in [1.165, 1.54) is 11.0 Å². The van der Waals surface area contributed by atoms with E-state index in [1.54, 1.807) is 30.0 Å². The third kappa shape index (κ3) is 4.63. The summed E-state index contributed by atoms with van der Waals surface area (Å²) < 4.78 is 15.1. The quantitative estimate of drug-likeness (QED) is 0.682. The molecular weight excluding hydrogens is 454 g/mol. The Morgan fingerprint density at radius 3 is 2.50 bits per heavy atom. The predicted octanol–water partition coefficient (Wildman–Crippen LogP) is 4.69. The second-order valence-corrected chi connectivity index (χ2v) is 9.52. The summed E-state index contributed by atoms with van der Waals surface area (Å²) in [6.07, 6.45) is 4.45. The maximum atomic E-state index is 15.1. The molecular formula is C24H25Cl2FN2O3. The number of hydrogen-bond donors (Lipinski definition) is 1. The highest BCUT2D eigenvalue weighted by molar-refractivity contribution is 6.31. The van der Waals surface area contributed by atoms with Crippen molar-refractivity contribution in [2.45, 2.75) is 51.3 Å². The molecule has 4 rings (SSSR count). The number of rotatable bonds is 4. The summed E-state index contributed by atoms with van der Waals surface area (Å²) in [6.45, 7) is 1.78. The lowest BCUT2D eigenvalue weighted by Crippen LogP contribution is -2.63. The Morgan fingerprint density at radius 2 is 1.84 bits per heavy atom. The van der Waals surface area contributed by atoms with Gasteiger partial charge in [0.2, 0.25) is 5.91 Å². The number of amides is 2. The number of piperazine rings is 1. The van der Waals surface area contributed by atoms with Crippen LogP contribution in [0.4, 0.5) is 4.39 Å². The highest BCUT2D eigenvalue weighted by Gasteiger charge is 2.49. The number of nitrogens with zero attached hydrogens (tertiary/aromatic N) is 2. The van der Waals surface area contributed by atoms with E-state index < -0.39 is 18.0 Å². The summed E-state index contributed by atoms with van der Waals surface area (Å²) in [6, 6.07) is 6.35. The van der Waals surface area contributed by atoms with Gasteiger partial charge in [-0.15, -0.1) is 0 Å². The lowest BCUT2D eigenvalue weighted by molar-refractivity contribution is -0.161. The molecule has 5 nitrogen and oxygen atoms in total. The van der Waals surface area contributed by atoms with E-state index in [4.69, 9.17) is 23.2 Å². The summed E-state index contributed by atoms with van der Waals surface area (Å²) in [5, 5.41) is 10.7. The first-order valence-corrected chi connectivity index (χ1v) is 11.5. The SMILES string of the molecule is CC1=C(N2CC(=O)N(Cc3ccc(Cl)cc3)C(C3CC(O)C3)C2=O)/C(F)=C\C(Cl)=C/CC1. The zero-order valence-electron chi connectivity index (χ0n) is 17.7. The van der Waals surface area contributed by atoms with Crippen molar-refractivity contribution in [3.63, 3.8) is 0 Å². The van der Waals surface area contributed by atoms with Crippen molar-refractivity contribution >= 4 is 35.0 Å². The normalized spacial score (nSPS) is 30.2. The minimum Gasteiger partial charge on any atom is -0.393 e. The first-order chi connectivity index (χ1) is 15.2. The van der Waals surface area contributed by atoms with Crippen molar-refractivity contribution in [3.05, 3.63) is 69.1 Å². The van der Waals surface area contributed by atoms with Gasteiger partial charge >= 0.3 is 0 Å². The van der Waals surface area contributed by atoms with Gasteiger partial charge in [-0.3, -0.25) is 14.5 Å². The number of allylic oxidation sites excluding steroid dienone is 5. The standard InChI is InChI=1S/C24H25Cl2FN2O3/c1-14-3-2-4-18(26)11-20(27)22(14)29-13-21(31)28(12-15-5-7-17(25)8-6-15)23(24(29)32)16-9-19(30)10-16/h4-8,11,16,19,23,30H,2-3,9-10,12-13H2,1H3/b18-4+,20-11+,22-14?. The number of hydrogen-bond acceptors (Lipinski definition) is 3. The van der Waals surface area contributed by atoms with Gasteiger partial charge in [0.1, 0.15) is 18.4 Å². The smallest absolute Gasteiger partial charge is 0.250 e. The van der Waals surface area contributed by atoms with E-state index in [-0.39, 0.29) is 41.6 Å². The van der Waals surface area contributed by atoms with Gasteiger partial charge in [-0.25, -0.2) is 4.39 Å². The molecule has 1 unspecified atom stereocenters. The van der Waals surface area contributed by atoms with Crippen molar-refractivity contribution in [1.82, 2.24) is 9.80 Å². The summed E-state index contributed by atoms with van der Waals surface area (Å²) in [4.78, 5) is 29.8. The summed E-state index contributed by atoms with van der Waals surface area (Å²) in [5.41, 5.74) is 1.67. The largest absolute Gasteiger partial charge is 0.393 e. The molecule has 1 aromatic rings. The molecule has 1 saturated carbocycles. The molecule has 1 heterocycles. The fourth-order valence-corrected chi connectivity index (χ4v) is 4.95. The lowest BCUT2D eigenvalue weighted by atomic mass is 9.75. The predicted molar refractivity (Wildman–Crippen MR) is 121 cm³/mol. The Kier molecular flexibility index (Phi) is 6.75. The Balaban J connectivity index is 1.68. The molecule has 1 saturated heterocycles. The van der Waals surface area contributed by atoms with Gasteiger partial charge < -0.3 is 10.0 Å². The van der Waals surface area contributed by atoms with Crippen molar-refractivity contribution < 1.29 is 19.1 Å². The lowest BCUT2D eigenvalue weighted by Gasteiger charge is -2.48. The minimum absolute atomic E-state index is 0.130. The van der Waals surface area contributed by atoms with Crippen LogP contribution in [0.5, 0.6) is 0 Å². The average molecular weight is 479 g/mol. The monoisotopic (exact) mass is 478 g/mol. The van der Waals surface area contributed by atoms with Gasteiger partial charge in [0.25, 0.3) is 5.91 Å². The van der Waals surface area contributed by atoms with Gasteiger partial charge in [-0.2, -0.15) is 0 Å². The summed E-state index contributed by atoms with van der Waals surface area (Å²) in [7, 11) is 0. The second kappa shape index (κ2) is 9.38. The number of halogens is 3. The average Bonchev–Trinajstić information content (AvgIpc) is 2.70. The molecule has 2 aliphatic carbocycles. The van der Waals surface area contributed by atoms with E-state index >= 15 is 4.39 Å². The van der Waals surface area contributed by atoms with Gasteiger partial charge in [-0.05, 0) is 67.9 Å². The number of benzene rings is 1. The third-order valence-electron chi connectivity index (χ3n) is 6.35. The van der Waals surface area contributed by atoms with Crippen LogP contribution in [0.3, 0.4) is 0 Å². The van der Waals surface area contributed by atoms with Gasteiger partial charge in [0.05, 0.1) is 11.8 Å². The third-order valence-corrected chi connectivity index (χ3v) is 6.87. The van der Waals surface area contributed by atoms with Crippen LogP contribution in [-0.2, 0) is 16.1 Å². The Hall–Kier alpha value is -2.15. The van der Waals surface area contributed by atoms with Crippen LogP contribution in [0.25, 0.3) is 0 Å². The Bertz CT molecular complexity index is 1010. The molecule has 1 aromatic carbocycles.